The van der Waals surface area contributed by atoms with Crippen LogP contribution in [0.5, 0.6) is 5.75 Å². The van der Waals surface area contributed by atoms with E-state index in [-0.39, 0.29) is 12.6 Å². The average Bonchev–Trinajstić information content (AvgIpc) is 2.83. The predicted molar refractivity (Wildman–Crippen MR) is 139 cm³/mol. The maximum atomic E-state index is 11.6. The largest absolute Gasteiger partial charge is 0.481 e. The Morgan fingerprint density at radius 2 is 1.22 bits per heavy atom. The van der Waals surface area contributed by atoms with Crippen LogP contribution in [0.2, 0.25) is 0 Å². The molecule has 4 rings (SSSR count). The van der Waals surface area contributed by atoms with E-state index in [4.69, 9.17) is 9.47 Å². The highest BCUT2D eigenvalue weighted by molar-refractivity contribution is 7.99. The summed E-state index contributed by atoms with van der Waals surface area (Å²) in [6.45, 7) is 1.76. The van der Waals surface area contributed by atoms with Gasteiger partial charge in [0, 0.05) is 15.2 Å². The molecule has 0 aliphatic heterocycles. The molecule has 36 heavy (non-hydrogen) atoms. The van der Waals surface area contributed by atoms with Gasteiger partial charge >= 0.3 is 12.6 Å². The van der Waals surface area contributed by atoms with Gasteiger partial charge in [0.15, 0.2) is 6.61 Å². The highest BCUT2D eigenvalue weighted by atomic mass is 32.2. The first kappa shape index (κ1) is 28.8. The molecule has 0 atom stereocenters. The van der Waals surface area contributed by atoms with E-state index in [1.165, 1.54) is 9.79 Å². The second-order valence-electron chi connectivity index (χ2n) is 8.33. The summed E-state index contributed by atoms with van der Waals surface area (Å²) in [6, 6.07) is 34.5. The molecule has 7 heteroatoms. The van der Waals surface area contributed by atoms with Crippen LogP contribution >= 0.6 is 11.8 Å². The Morgan fingerprint density at radius 1 is 0.750 bits per heavy atom. The zero-order chi connectivity index (χ0) is 26.4. The van der Waals surface area contributed by atoms with Crippen molar-refractivity contribution in [3.63, 3.8) is 0 Å². The number of carbonyl (C=O) groups is 1. The minimum atomic E-state index is -3.67. The van der Waals surface area contributed by atoms with Crippen LogP contribution in [0.1, 0.15) is 20.8 Å². The zero-order valence-corrected chi connectivity index (χ0v) is 21.2. The molecule has 0 spiro atoms. The summed E-state index contributed by atoms with van der Waals surface area (Å²) in [7, 11) is 0. The fraction of sp³-hybridized carbons (Fsp3) is 0.207. The third kappa shape index (κ3) is 11.8. The maximum Gasteiger partial charge on any atom is 0.379 e. The van der Waals surface area contributed by atoms with Gasteiger partial charge in [0.2, 0.25) is 0 Å². The van der Waals surface area contributed by atoms with Crippen molar-refractivity contribution in [3.8, 4) is 5.75 Å². The van der Waals surface area contributed by atoms with Gasteiger partial charge in [-0.1, -0.05) is 84.6 Å². The minimum absolute atomic E-state index is 0.0781. The third-order valence-electron chi connectivity index (χ3n) is 4.24. The number of benzene rings is 4. The van der Waals surface area contributed by atoms with E-state index in [9.17, 15) is 18.0 Å². The minimum Gasteiger partial charge on any atom is -0.481 e. The van der Waals surface area contributed by atoms with Gasteiger partial charge in [-0.15, -0.1) is 0 Å². The zero-order valence-electron chi connectivity index (χ0n) is 20.4. The first-order valence-corrected chi connectivity index (χ1v) is 12.0. The highest BCUT2D eigenvalue weighted by Crippen LogP contribution is 2.26. The molecule has 4 aromatic carbocycles. The monoisotopic (exact) mass is 514 g/mol. The van der Waals surface area contributed by atoms with Gasteiger partial charge in [0.05, 0.1) is 0 Å². The van der Waals surface area contributed by atoms with Crippen molar-refractivity contribution in [3.05, 3.63) is 103 Å². The van der Waals surface area contributed by atoms with Crippen molar-refractivity contribution in [2.75, 3.05) is 6.61 Å². The van der Waals surface area contributed by atoms with E-state index in [2.05, 4.69) is 48.5 Å². The summed E-state index contributed by atoms with van der Waals surface area (Å²) >= 11 is 1.79. The van der Waals surface area contributed by atoms with Crippen LogP contribution < -0.4 is 4.74 Å². The fourth-order valence-electron chi connectivity index (χ4n) is 2.94. The second-order valence-corrected chi connectivity index (χ2v) is 9.47. The lowest BCUT2D eigenvalue weighted by molar-refractivity contribution is -0.157. The molecule has 0 radical (unpaired) electrons. The van der Waals surface area contributed by atoms with E-state index in [0.717, 1.165) is 10.8 Å². The third-order valence-corrected chi connectivity index (χ3v) is 5.25. The Bertz CT molecular complexity index is 1130. The number of rotatable bonds is 5. The van der Waals surface area contributed by atoms with Gasteiger partial charge in [-0.2, -0.15) is 13.2 Å². The molecule has 0 aromatic heterocycles. The summed E-state index contributed by atoms with van der Waals surface area (Å²) in [5.74, 6) is 0.337. The molecule has 0 fully saturated rings. The van der Waals surface area contributed by atoms with Crippen LogP contribution in [0.3, 0.4) is 0 Å². The van der Waals surface area contributed by atoms with E-state index in [1.807, 2.05) is 75.4 Å². The van der Waals surface area contributed by atoms with Crippen molar-refractivity contribution in [2.24, 2.45) is 0 Å². The number of fused-ring (bicyclic) bond motifs is 1. The molecule has 0 heterocycles. The molecule has 0 aliphatic carbocycles. The first-order valence-electron chi connectivity index (χ1n) is 11.2. The number of ether oxygens (including phenoxy) is 2. The Hall–Kier alpha value is -3.45. The predicted octanol–water partition coefficient (Wildman–Crippen LogP) is 8.58. The molecule has 3 nitrogen and oxygen atoms in total. The van der Waals surface area contributed by atoms with Crippen molar-refractivity contribution in [2.45, 2.75) is 42.8 Å². The van der Waals surface area contributed by atoms with Crippen LogP contribution in [0, 0.1) is 0 Å². The van der Waals surface area contributed by atoms with E-state index in [0.29, 0.717) is 5.75 Å². The second kappa shape index (κ2) is 14.8. The first-order chi connectivity index (χ1) is 17.1. The number of halogens is 3. The Labute approximate surface area is 214 Å². The van der Waals surface area contributed by atoms with Crippen LogP contribution in [0.15, 0.2) is 113 Å². The van der Waals surface area contributed by atoms with Gasteiger partial charge in [-0.3, -0.25) is 0 Å². The number of carbonyl (C=O) groups excluding carboxylic acids is 1. The van der Waals surface area contributed by atoms with E-state index < -0.39 is 12.3 Å². The summed E-state index contributed by atoms with van der Waals surface area (Å²) < 4.78 is 39.8. The summed E-state index contributed by atoms with van der Waals surface area (Å²) in [5.41, 5.74) is -0.487. The van der Waals surface area contributed by atoms with Crippen molar-refractivity contribution in [1.82, 2.24) is 0 Å². The number of esters is 1. The summed E-state index contributed by atoms with van der Waals surface area (Å²) in [6.07, 6.45) is 0. The molecular formula is C29H29F3O3S. The molecule has 0 N–H and O–H groups in total. The van der Waals surface area contributed by atoms with Gasteiger partial charge in [0.1, 0.15) is 11.4 Å². The number of alkyl halides is 3. The topological polar surface area (TPSA) is 35.5 Å². The lowest BCUT2D eigenvalue weighted by atomic mass is 10.1. The van der Waals surface area contributed by atoms with Gasteiger partial charge in [-0.25, -0.2) is 4.79 Å². The van der Waals surface area contributed by atoms with Crippen LogP contribution in [-0.2, 0) is 9.53 Å². The molecular weight excluding hydrogens is 485 g/mol. The quantitative estimate of drug-likeness (QED) is 0.250. The lowest BCUT2D eigenvalue weighted by Crippen LogP contribution is -2.27. The Kier molecular flexibility index (Phi) is 11.9. The van der Waals surface area contributed by atoms with Crippen molar-refractivity contribution >= 4 is 28.5 Å². The van der Waals surface area contributed by atoms with Crippen molar-refractivity contribution < 1.29 is 27.4 Å². The smallest absolute Gasteiger partial charge is 0.379 e. The Balaban J connectivity index is 0.000000232. The molecule has 0 saturated carbocycles. The fourth-order valence-corrected chi connectivity index (χ4v) is 3.80. The number of hydrogen-bond acceptors (Lipinski definition) is 4. The molecule has 0 unspecified atom stereocenters. The average molecular weight is 515 g/mol. The highest BCUT2D eigenvalue weighted by Gasteiger charge is 2.16. The van der Waals surface area contributed by atoms with Crippen LogP contribution in [0.4, 0.5) is 13.2 Å². The molecule has 0 saturated heterocycles. The molecule has 4 aromatic rings. The Morgan fingerprint density at radius 3 is 1.75 bits per heavy atom. The van der Waals surface area contributed by atoms with E-state index >= 15 is 0 Å². The lowest BCUT2D eigenvalue weighted by Gasteiger charge is -2.19. The number of hydrogen-bond donors (Lipinski definition) is 0. The van der Waals surface area contributed by atoms with E-state index in [1.54, 1.807) is 11.8 Å². The standard InChI is InChI=1S/C16H18O3.C12H10S.CHF3/c1-16(2,3)19-15(17)11-18-14-10-6-8-12-7-4-5-9-13(12)14;1-3-7-11(8-4-1)13-12-9-5-2-6-10-12;2-1(3)4/h4-10H,11H2,1-3H3;1-10H;1H. The molecule has 0 aliphatic rings. The summed E-state index contributed by atoms with van der Waals surface area (Å²) in [5, 5.41) is 2.08. The van der Waals surface area contributed by atoms with Gasteiger partial charge in [-0.05, 0) is 56.5 Å². The molecule has 0 bridgehead atoms. The van der Waals surface area contributed by atoms with Gasteiger partial charge < -0.3 is 9.47 Å². The molecule has 190 valence electrons. The van der Waals surface area contributed by atoms with Crippen molar-refractivity contribution in [1.29, 1.82) is 0 Å². The van der Waals surface area contributed by atoms with Gasteiger partial charge in [0.25, 0.3) is 0 Å². The van der Waals surface area contributed by atoms with Crippen LogP contribution in [-0.4, -0.2) is 24.9 Å². The molecule has 0 amide bonds. The normalized spacial score (nSPS) is 10.5. The van der Waals surface area contributed by atoms with Crippen LogP contribution in [0.25, 0.3) is 10.8 Å². The maximum absolute atomic E-state index is 11.6. The summed E-state index contributed by atoms with van der Waals surface area (Å²) in [4.78, 5) is 14.2. The SMILES string of the molecule is CC(C)(C)OC(=O)COc1cccc2ccccc12.FC(F)F.c1ccc(Sc2ccccc2)cc1.